The molecule has 0 bridgehead atoms. The van der Waals surface area contributed by atoms with Crippen molar-refractivity contribution in [3.05, 3.63) is 74.0 Å². The summed E-state index contributed by atoms with van der Waals surface area (Å²) in [5.74, 6) is -2.36. The molecule has 39 heavy (non-hydrogen) atoms. The zero-order valence-corrected chi connectivity index (χ0v) is 23.5. The van der Waals surface area contributed by atoms with Crippen molar-refractivity contribution in [3.8, 4) is 11.5 Å². The summed E-state index contributed by atoms with van der Waals surface area (Å²) in [7, 11) is 1.44. The molecule has 1 aliphatic carbocycles. The van der Waals surface area contributed by atoms with Crippen LogP contribution in [-0.2, 0) is 18.2 Å². The van der Waals surface area contributed by atoms with Crippen molar-refractivity contribution >= 4 is 45.9 Å². The largest absolute Gasteiger partial charge is 0.454 e. The van der Waals surface area contributed by atoms with Crippen molar-refractivity contribution in [1.82, 2.24) is 14.7 Å². The minimum absolute atomic E-state index is 0.0107. The third kappa shape index (κ3) is 5.77. The molecule has 2 heterocycles. The monoisotopic (exact) mass is 579 g/mol. The van der Waals surface area contributed by atoms with Crippen LogP contribution in [0.2, 0.25) is 5.02 Å². The highest BCUT2D eigenvalue weighted by Gasteiger charge is 2.35. The van der Waals surface area contributed by atoms with E-state index in [2.05, 4.69) is 15.5 Å². The quantitative estimate of drug-likeness (QED) is 0.329. The van der Waals surface area contributed by atoms with E-state index in [1.807, 2.05) is 13.8 Å². The van der Waals surface area contributed by atoms with Crippen LogP contribution in [0.5, 0.6) is 11.5 Å². The molecule has 1 atom stereocenters. The molecule has 2 aromatic carbocycles. The highest BCUT2D eigenvalue weighted by molar-refractivity contribution is 7.91. The summed E-state index contributed by atoms with van der Waals surface area (Å²) in [6.45, 7) is 7.19. The molecule has 1 aromatic heterocycles. The summed E-state index contributed by atoms with van der Waals surface area (Å²) < 4.78 is 49.3. The van der Waals surface area contributed by atoms with Gasteiger partial charge in [0.25, 0.3) is 11.5 Å². The van der Waals surface area contributed by atoms with Crippen LogP contribution in [0.25, 0.3) is 0 Å². The summed E-state index contributed by atoms with van der Waals surface area (Å²) in [5, 5.41) is 5.28. The number of pyridine rings is 1. The van der Waals surface area contributed by atoms with E-state index in [1.54, 1.807) is 13.0 Å². The second-order valence-electron chi connectivity index (χ2n) is 8.85. The van der Waals surface area contributed by atoms with Crippen molar-refractivity contribution in [2.75, 3.05) is 9.73 Å². The smallest absolute Gasteiger partial charge is 0.259 e. The Labute approximate surface area is 231 Å². The molecule has 1 saturated heterocycles. The lowest BCUT2D eigenvalue weighted by molar-refractivity contribution is 0.0948. The molecule has 1 saturated carbocycles. The molecule has 3 aromatic rings. The van der Waals surface area contributed by atoms with Crippen LogP contribution in [0.1, 0.15) is 48.2 Å². The van der Waals surface area contributed by atoms with Crippen molar-refractivity contribution in [2.45, 2.75) is 46.6 Å². The lowest BCUT2D eigenvalue weighted by Gasteiger charge is -2.22. The number of aryl methyl sites for hydroxylation is 1. The molecule has 1 unspecified atom stereocenters. The van der Waals surface area contributed by atoms with Gasteiger partial charge in [-0.2, -0.15) is 4.41 Å². The molecule has 208 valence electrons. The van der Waals surface area contributed by atoms with E-state index in [0.29, 0.717) is 5.56 Å². The van der Waals surface area contributed by atoms with Gasteiger partial charge in [-0.1, -0.05) is 31.5 Å². The summed E-state index contributed by atoms with van der Waals surface area (Å²) in [4.78, 5) is 29.0. The molecule has 3 N–H and O–H groups in total. The van der Waals surface area contributed by atoms with E-state index in [1.165, 1.54) is 42.8 Å². The Bertz CT molecular complexity index is 1540. The Morgan fingerprint density at radius 3 is 2.44 bits per heavy atom. The fourth-order valence-corrected chi connectivity index (χ4v) is 4.61. The first-order valence-electron chi connectivity index (χ1n) is 12.3. The van der Waals surface area contributed by atoms with Crippen LogP contribution in [-0.4, -0.2) is 20.7 Å². The molecule has 2 aliphatic rings. The number of hydrogen-bond acceptors (Lipinski definition) is 5. The van der Waals surface area contributed by atoms with Gasteiger partial charge >= 0.3 is 0 Å². The summed E-state index contributed by atoms with van der Waals surface area (Å²) in [6, 6.07) is 7.09. The number of carbonyl (C=O) groups is 1. The molecular weight excluding hydrogens is 552 g/mol. The van der Waals surface area contributed by atoms with Crippen LogP contribution in [0, 0.1) is 25.5 Å². The Hall–Kier alpha value is -3.48. The maximum atomic E-state index is 14.9. The molecular formula is C26H28ClF2N5O4S. The fraction of sp³-hybridized carbons (Fsp3) is 0.308. The van der Waals surface area contributed by atoms with Gasteiger partial charge in [0.05, 0.1) is 11.3 Å². The van der Waals surface area contributed by atoms with Gasteiger partial charge in [0.1, 0.15) is 33.7 Å². The van der Waals surface area contributed by atoms with E-state index in [4.69, 9.17) is 16.3 Å². The number of ether oxygens (including phenoxy) is 1. The van der Waals surface area contributed by atoms with Gasteiger partial charge in [0.2, 0.25) is 11.2 Å². The summed E-state index contributed by atoms with van der Waals surface area (Å²) in [5.41, 5.74) is 0.153. The average Bonchev–Trinajstić information content (AvgIpc) is 3.84. The van der Waals surface area contributed by atoms with Crippen LogP contribution in [0.3, 0.4) is 0 Å². The number of nitrogens with zero attached hydrogens (tertiary/aromatic N) is 2. The molecule has 5 rings (SSSR count). The summed E-state index contributed by atoms with van der Waals surface area (Å²) >= 11 is 4.67. The van der Waals surface area contributed by atoms with Crippen molar-refractivity contribution in [3.63, 3.8) is 0 Å². The molecule has 9 nitrogen and oxygen atoms in total. The highest BCUT2D eigenvalue weighted by atomic mass is 35.5. The molecule has 1 aliphatic heterocycles. The maximum absolute atomic E-state index is 14.9. The van der Waals surface area contributed by atoms with Crippen LogP contribution in [0.15, 0.2) is 35.1 Å². The number of aromatic nitrogens is 1. The predicted molar refractivity (Wildman–Crippen MR) is 148 cm³/mol. The third-order valence-electron chi connectivity index (χ3n) is 6.03. The zero-order chi connectivity index (χ0) is 28.6. The minimum Gasteiger partial charge on any atom is -0.454 e. The Morgan fingerprint density at radius 1 is 1.18 bits per heavy atom. The third-order valence-corrected chi connectivity index (χ3v) is 7.17. The predicted octanol–water partition coefficient (Wildman–Crippen LogP) is 5.29. The Morgan fingerprint density at radius 2 is 1.85 bits per heavy atom. The van der Waals surface area contributed by atoms with Gasteiger partial charge in [0, 0.05) is 13.1 Å². The lowest BCUT2D eigenvalue weighted by atomic mass is 10.1. The van der Waals surface area contributed by atoms with Crippen molar-refractivity contribution in [2.24, 2.45) is 7.05 Å². The highest BCUT2D eigenvalue weighted by Crippen LogP contribution is 2.41. The maximum Gasteiger partial charge on any atom is 0.259 e. The van der Waals surface area contributed by atoms with E-state index in [-0.39, 0.29) is 45.9 Å². The van der Waals surface area contributed by atoms with Crippen LogP contribution in [0.4, 0.5) is 26.0 Å². The van der Waals surface area contributed by atoms with Gasteiger partial charge in [0.15, 0.2) is 11.6 Å². The van der Waals surface area contributed by atoms with E-state index in [9.17, 15) is 22.6 Å². The molecule has 13 heteroatoms. The standard InChI is InChI=1S/C24H22ClF2N5O4S.C2H6/c1-11-4-7-15(14(26)10-11)29-22-18(23(33)28-13-5-6-13)21(12(2)24(34)31(22)3)36-17-9-8-16(20(27)19(17)25)32-30-37(32)35;1-2/h4,7-10,13,29-30H,5-6H2,1-3H3,(H,28,33);1-2H3. The number of carbonyl (C=O) groups excluding carboxylic acids is 1. The molecule has 0 spiro atoms. The van der Waals surface area contributed by atoms with E-state index >= 15 is 0 Å². The Kier molecular flexibility index (Phi) is 8.28. The first-order chi connectivity index (χ1) is 18.6. The number of hydrazine groups is 1. The van der Waals surface area contributed by atoms with Gasteiger partial charge < -0.3 is 15.4 Å². The number of amides is 1. The van der Waals surface area contributed by atoms with Crippen molar-refractivity contribution < 1.29 is 22.5 Å². The molecule has 2 fully saturated rings. The van der Waals surface area contributed by atoms with E-state index in [0.717, 1.165) is 17.3 Å². The number of hydrogen-bond donors (Lipinski definition) is 3. The number of halogens is 3. The van der Waals surface area contributed by atoms with Crippen LogP contribution < -0.4 is 30.2 Å². The van der Waals surface area contributed by atoms with Gasteiger partial charge in [-0.3, -0.25) is 14.2 Å². The topological polar surface area (TPSA) is 114 Å². The first kappa shape index (κ1) is 28.5. The summed E-state index contributed by atoms with van der Waals surface area (Å²) in [6.07, 6.45) is 1.60. The minimum atomic E-state index is -1.55. The fourth-order valence-electron chi connectivity index (χ4n) is 3.79. The zero-order valence-electron chi connectivity index (χ0n) is 21.9. The Balaban J connectivity index is 0.00000172. The number of nitrogens with one attached hydrogen (secondary N) is 3. The average molecular weight is 580 g/mol. The second kappa shape index (κ2) is 11.3. The SMILES string of the molecule is CC.Cc1ccc(Nc2c(C(=O)NC3CC3)c(Oc3ccc(N4NS4=O)c(F)c3Cl)c(C)c(=O)n2C)c(F)c1. The van der Waals surface area contributed by atoms with Crippen LogP contribution >= 0.6 is 11.6 Å². The number of benzene rings is 2. The molecule has 0 radical (unpaired) electrons. The van der Waals surface area contributed by atoms with Gasteiger partial charge in [-0.15, -0.1) is 4.83 Å². The number of anilines is 3. The van der Waals surface area contributed by atoms with Gasteiger partial charge in [-0.05, 0) is 56.5 Å². The van der Waals surface area contributed by atoms with E-state index < -0.39 is 39.3 Å². The number of rotatable bonds is 7. The second-order valence-corrected chi connectivity index (χ2v) is 10.3. The first-order valence-corrected chi connectivity index (χ1v) is 13.8. The molecule has 1 amide bonds. The lowest BCUT2D eigenvalue weighted by Crippen LogP contribution is -2.31. The normalized spacial score (nSPS) is 15.8. The van der Waals surface area contributed by atoms with Crippen molar-refractivity contribution in [1.29, 1.82) is 0 Å². The van der Waals surface area contributed by atoms with Gasteiger partial charge in [-0.25, -0.2) is 13.0 Å².